The number of aryl methyl sites for hydroxylation is 2. The second-order valence-corrected chi connectivity index (χ2v) is 12.7. The topological polar surface area (TPSA) is 74.7 Å². The fourth-order valence-corrected chi connectivity index (χ4v) is 7.70. The summed E-state index contributed by atoms with van der Waals surface area (Å²) < 4.78 is 20.4. The van der Waals surface area contributed by atoms with Crippen LogP contribution >= 0.6 is 11.8 Å². The minimum absolute atomic E-state index is 0.0284. The molecule has 3 aliphatic heterocycles. The van der Waals surface area contributed by atoms with Crippen molar-refractivity contribution < 1.29 is 19.0 Å². The van der Waals surface area contributed by atoms with Crippen LogP contribution < -0.4 is 5.32 Å². The van der Waals surface area contributed by atoms with Gasteiger partial charge in [-0.25, -0.2) is 9.37 Å². The van der Waals surface area contributed by atoms with Crippen LogP contribution in [0.15, 0.2) is 30.3 Å². The maximum absolute atomic E-state index is 14.3. The van der Waals surface area contributed by atoms with Crippen molar-refractivity contribution >= 4 is 23.5 Å². The number of pyridine rings is 1. The van der Waals surface area contributed by atoms with Gasteiger partial charge < -0.3 is 15.2 Å². The number of aromatic nitrogens is 1. The second-order valence-electron chi connectivity index (χ2n) is 11.7. The third-order valence-corrected chi connectivity index (χ3v) is 9.80. The van der Waals surface area contributed by atoms with Crippen molar-refractivity contribution in [2.24, 2.45) is 5.41 Å². The van der Waals surface area contributed by atoms with E-state index in [1.807, 2.05) is 22.7 Å². The molecular formula is C30H40FN3O3S. The molecule has 2 unspecified atom stereocenters. The first-order valence-electron chi connectivity index (χ1n) is 14.0. The number of hydrogen-bond acceptors (Lipinski definition) is 6. The largest absolute Gasteiger partial charge is 0.480 e. The van der Waals surface area contributed by atoms with Crippen LogP contribution in [0.2, 0.25) is 0 Å². The van der Waals surface area contributed by atoms with Crippen molar-refractivity contribution in [2.75, 3.05) is 43.1 Å². The lowest BCUT2D eigenvalue weighted by molar-refractivity contribution is -0.151. The average Bonchev–Trinajstić information content (AvgIpc) is 3.22. The molecule has 2 fully saturated rings. The van der Waals surface area contributed by atoms with Gasteiger partial charge in [0.05, 0.1) is 6.10 Å². The highest BCUT2D eigenvalue weighted by Gasteiger charge is 2.42. The van der Waals surface area contributed by atoms with Gasteiger partial charge in [0.15, 0.2) is 0 Å². The zero-order chi connectivity index (χ0) is 26.7. The van der Waals surface area contributed by atoms with Gasteiger partial charge >= 0.3 is 5.97 Å². The van der Waals surface area contributed by atoms with Crippen LogP contribution in [-0.4, -0.2) is 64.8 Å². The van der Waals surface area contributed by atoms with Crippen LogP contribution in [0.1, 0.15) is 73.9 Å². The van der Waals surface area contributed by atoms with E-state index in [1.54, 1.807) is 0 Å². The van der Waals surface area contributed by atoms with Gasteiger partial charge in [-0.2, -0.15) is 11.8 Å². The van der Waals surface area contributed by atoms with Gasteiger partial charge in [-0.3, -0.25) is 9.69 Å². The Balaban J connectivity index is 1.08. The highest BCUT2D eigenvalue weighted by Crippen LogP contribution is 2.49. The number of nitrogens with zero attached hydrogens (tertiary/aromatic N) is 2. The molecule has 6 nitrogen and oxygen atoms in total. The van der Waals surface area contributed by atoms with E-state index in [0.717, 1.165) is 67.2 Å². The van der Waals surface area contributed by atoms with Gasteiger partial charge in [0.1, 0.15) is 17.7 Å². The number of carboxylic acids is 1. The number of carboxylic acid groups (broad SMARTS) is 1. The van der Waals surface area contributed by atoms with E-state index < -0.39 is 12.0 Å². The molecule has 0 aliphatic carbocycles. The molecule has 2 atom stereocenters. The van der Waals surface area contributed by atoms with Gasteiger partial charge in [-0.05, 0) is 84.1 Å². The summed E-state index contributed by atoms with van der Waals surface area (Å²) in [4.78, 5) is 19.1. The highest BCUT2D eigenvalue weighted by atomic mass is 32.2. The Kier molecular flexibility index (Phi) is 8.60. The molecule has 0 amide bonds. The fraction of sp³-hybridized carbons (Fsp3) is 0.600. The number of thioether (sulfide) groups is 1. The summed E-state index contributed by atoms with van der Waals surface area (Å²) in [6, 6.07) is 8.23. The molecule has 0 bridgehead atoms. The third kappa shape index (κ3) is 6.18. The summed E-state index contributed by atoms with van der Waals surface area (Å²) >= 11 is 1.88. The molecule has 5 rings (SSSR count). The number of unbranched alkanes of at least 4 members (excludes halogenated alkanes) is 2. The zero-order valence-electron chi connectivity index (χ0n) is 22.5. The number of halogens is 1. The lowest BCUT2D eigenvalue weighted by Gasteiger charge is -2.43. The van der Waals surface area contributed by atoms with Crippen LogP contribution in [0, 0.1) is 11.2 Å². The molecule has 0 saturated carbocycles. The molecule has 38 heavy (non-hydrogen) atoms. The first kappa shape index (κ1) is 27.4. The van der Waals surface area contributed by atoms with E-state index in [2.05, 4.69) is 31.3 Å². The Morgan fingerprint density at radius 3 is 2.87 bits per heavy atom. The van der Waals surface area contributed by atoms with Crippen LogP contribution in [0.25, 0.3) is 0 Å². The summed E-state index contributed by atoms with van der Waals surface area (Å²) in [5.41, 5.74) is 4.09. The summed E-state index contributed by atoms with van der Waals surface area (Å²) in [7, 11) is 0. The smallest absolute Gasteiger partial charge is 0.325 e. The number of nitrogens with one attached hydrogen (secondary N) is 1. The standard InChI is InChI=1S/C30H40FN3O3S/c1-30(2)19-38-18-26(30)24-12-10-21(31)15-25(24)27(29(35)36)34-16-23(17-34)37-14-5-3-4-8-22-11-9-20-7-6-13-32-28(20)33-22/h9-12,15,23,26-27H,3-8,13-14,16-19H2,1-2H3,(H,32,33)(H,35,36). The van der Waals surface area contributed by atoms with Crippen LogP contribution in [0.5, 0.6) is 0 Å². The fourth-order valence-electron chi connectivity index (χ4n) is 5.99. The van der Waals surface area contributed by atoms with E-state index in [9.17, 15) is 14.3 Å². The first-order valence-corrected chi connectivity index (χ1v) is 15.2. The molecule has 0 radical (unpaired) electrons. The van der Waals surface area contributed by atoms with Gasteiger partial charge in [0.25, 0.3) is 0 Å². The zero-order valence-corrected chi connectivity index (χ0v) is 23.4. The molecule has 8 heteroatoms. The van der Waals surface area contributed by atoms with Crippen molar-refractivity contribution in [3.8, 4) is 0 Å². The van der Waals surface area contributed by atoms with Crippen molar-refractivity contribution in [3.05, 3.63) is 58.5 Å². The number of likely N-dealkylation sites (tertiary alicyclic amines) is 1. The van der Waals surface area contributed by atoms with Crippen molar-refractivity contribution in [2.45, 2.75) is 70.4 Å². The predicted molar refractivity (Wildman–Crippen MR) is 151 cm³/mol. The number of carbonyl (C=O) groups is 1. The summed E-state index contributed by atoms with van der Waals surface area (Å²) in [6.45, 7) is 7.23. The SMILES string of the molecule is CC1(C)CSCC1c1ccc(F)cc1C(C(=O)O)N1CC(OCCCCCc2ccc3c(n2)NCCC3)C1. The predicted octanol–water partition coefficient (Wildman–Crippen LogP) is 5.67. The third-order valence-electron chi connectivity index (χ3n) is 8.28. The van der Waals surface area contributed by atoms with Crippen LogP contribution in [0.3, 0.4) is 0 Å². The Labute approximate surface area is 229 Å². The lowest BCUT2D eigenvalue weighted by atomic mass is 9.75. The van der Waals surface area contributed by atoms with Crippen molar-refractivity contribution in [1.29, 1.82) is 0 Å². The van der Waals surface area contributed by atoms with Crippen molar-refractivity contribution in [1.82, 2.24) is 9.88 Å². The Hall–Kier alpha value is -2.16. The summed E-state index contributed by atoms with van der Waals surface area (Å²) in [6.07, 6.45) is 6.41. The van der Waals surface area contributed by atoms with Crippen LogP contribution in [0.4, 0.5) is 10.2 Å². The number of rotatable bonds is 11. The summed E-state index contributed by atoms with van der Waals surface area (Å²) in [5, 5.41) is 13.5. The number of hydrogen-bond donors (Lipinski definition) is 2. The number of fused-ring (bicyclic) bond motifs is 1. The van der Waals surface area contributed by atoms with E-state index in [1.165, 1.54) is 24.1 Å². The molecule has 2 N–H and O–H groups in total. The number of benzene rings is 1. The minimum Gasteiger partial charge on any atom is -0.480 e. The van der Waals surface area contributed by atoms with Gasteiger partial charge in [0.2, 0.25) is 0 Å². The normalized spacial score (nSPS) is 21.9. The number of ether oxygens (including phenoxy) is 1. The van der Waals surface area contributed by atoms with Gasteiger partial charge in [-0.1, -0.05) is 32.4 Å². The maximum Gasteiger partial charge on any atom is 0.325 e. The molecule has 1 aromatic heterocycles. The monoisotopic (exact) mass is 541 g/mol. The number of anilines is 1. The Morgan fingerprint density at radius 2 is 2.11 bits per heavy atom. The lowest BCUT2D eigenvalue weighted by Crippen LogP contribution is -2.55. The molecule has 2 aromatic rings. The Bertz CT molecular complexity index is 1140. The van der Waals surface area contributed by atoms with E-state index >= 15 is 0 Å². The summed E-state index contributed by atoms with van der Waals surface area (Å²) in [5.74, 6) is 1.92. The van der Waals surface area contributed by atoms with Crippen molar-refractivity contribution in [3.63, 3.8) is 0 Å². The second kappa shape index (κ2) is 11.9. The highest BCUT2D eigenvalue weighted by molar-refractivity contribution is 7.99. The van der Waals surface area contributed by atoms with E-state index in [-0.39, 0.29) is 23.3 Å². The molecule has 0 spiro atoms. The molecule has 206 valence electrons. The van der Waals surface area contributed by atoms with Crippen LogP contribution in [-0.2, 0) is 22.4 Å². The quantitative estimate of drug-likeness (QED) is 0.355. The van der Waals surface area contributed by atoms with Gasteiger partial charge in [0, 0.05) is 37.7 Å². The number of aliphatic carboxylic acids is 1. The molecule has 1 aromatic carbocycles. The minimum atomic E-state index is -0.926. The average molecular weight is 542 g/mol. The maximum atomic E-state index is 14.3. The van der Waals surface area contributed by atoms with E-state index in [0.29, 0.717) is 25.3 Å². The molecular weight excluding hydrogens is 501 g/mol. The van der Waals surface area contributed by atoms with Gasteiger partial charge in [-0.15, -0.1) is 0 Å². The molecule has 2 saturated heterocycles. The molecule has 3 aliphatic rings. The first-order chi connectivity index (χ1) is 18.3. The molecule has 4 heterocycles. The Morgan fingerprint density at radius 1 is 1.26 bits per heavy atom. The van der Waals surface area contributed by atoms with E-state index in [4.69, 9.17) is 9.72 Å².